The second kappa shape index (κ2) is 6.54. The third kappa shape index (κ3) is 4.63. The summed E-state index contributed by atoms with van der Waals surface area (Å²) in [6.07, 6.45) is 1.11. The summed E-state index contributed by atoms with van der Waals surface area (Å²) in [5.74, 6) is 2.37. The molecule has 1 aromatic heterocycles. The molecular formula is C13H22N2O3S. The molecule has 0 amide bonds. The van der Waals surface area contributed by atoms with Crippen LogP contribution in [0.15, 0.2) is 16.5 Å². The second-order valence-corrected chi connectivity index (χ2v) is 7.28. The minimum atomic E-state index is -2.80. The molecule has 0 saturated carbocycles. The van der Waals surface area contributed by atoms with Crippen LogP contribution in [-0.4, -0.2) is 44.5 Å². The van der Waals surface area contributed by atoms with E-state index in [9.17, 15) is 8.42 Å². The molecule has 108 valence electrons. The predicted octanol–water partition coefficient (Wildman–Crippen LogP) is 1.01. The summed E-state index contributed by atoms with van der Waals surface area (Å²) in [5, 5.41) is 3.29. The van der Waals surface area contributed by atoms with Gasteiger partial charge < -0.3 is 9.73 Å². The normalized spacial score (nSPS) is 19.6. The lowest BCUT2D eigenvalue weighted by Crippen LogP contribution is -2.39. The van der Waals surface area contributed by atoms with E-state index >= 15 is 0 Å². The molecule has 0 spiro atoms. The van der Waals surface area contributed by atoms with Gasteiger partial charge in [-0.25, -0.2) is 8.42 Å². The summed E-state index contributed by atoms with van der Waals surface area (Å²) >= 11 is 0. The second-order valence-electron chi connectivity index (χ2n) is 4.97. The van der Waals surface area contributed by atoms with Crippen molar-refractivity contribution in [3.63, 3.8) is 0 Å². The van der Waals surface area contributed by atoms with Gasteiger partial charge in [0.25, 0.3) is 0 Å². The molecule has 1 N–H and O–H groups in total. The first kappa shape index (κ1) is 14.6. The molecule has 1 aromatic rings. The Morgan fingerprint density at radius 2 is 1.95 bits per heavy atom. The van der Waals surface area contributed by atoms with Crippen LogP contribution in [-0.2, 0) is 22.9 Å². The molecule has 0 aromatic carbocycles. The van der Waals surface area contributed by atoms with Gasteiger partial charge in [-0.15, -0.1) is 0 Å². The Hall–Kier alpha value is -0.850. The van der Waals surface area contributed by atoms with Gasteiger partial charge in [0.15, 0.2) is 9.84 Å². The van der Waals surface area contributed by atoms with Crippen molar-refractivity contribution in [1.29, 1.82) is 0 Å². The molecular weight excluding hydrogens is 264 g/mol. The first-order valence-electron chi connectivity index (χ1n) is 6.80. The van der Waals surface area contributed by atoms with E-state index in [1.807, 2.05) is 12.1 Å². The molecule has 6 heteroatoms. The Labute approximate surface area is 114 Å². The van der Waals surface area contributed by atoms with E-state index in [1.165, 1.54) is 0 Å². The largest absolute Gasteiger partial charge is 0.463 e. The molecule has 0 aliphatic carbocycles. The van der Waals surface area contributed by atoms with Gasteiger partial charge in [0, 0.05) is 13.1 Å². The third-order valence-electron chi connectivity index (χ3n) is 3.26. The minimum absolute atomic E-state index is 0.263. The van der Waals surface area contributed by atoms with Crippen LogP contribution in [0.4, 0.5) is 0 Å². The first-order valence-corrected chi connectivity index (χ1v) is 8.62. The van der Waals surface area contributed by atoms with Crippen molar-refractivity contribution in [2.45, 2.75) is 26.4 Å². The Balaban J connectivity index is 1.80. The minimum Gasteiger partial charge on any atom is -0.463 e. The van der Waals surface area contributed by atoms with E-state index in [1.54, 1.807) is 0 Å². The van der Waals surface area contributed by atoms with Gasteiger partial charge in [-0.05, 0) is 25.1 Å². The number of hydrogen-bond donors (Lipinski definition) is 1. The number of nitrogens with one attached hydrogen (secondary N) is 1. The van der Waals surface area contributed by atoms with Gasteiger partial charge in [0.2, 0.25) is 0 Å². The standard InChI is InChI=1S/C13H22N2O3S/c1-2-5-14-10-12-3-4-13(18-12)11-15-6-8-19(16,17)9-7-15/h3-4,14H,2,5-11H2,1H3. The Bertz CT molecular complexity index is 482. The first-order chi connectivity index (χ1) is 9.09. The Morgan fingerprint density at radius 1 is 1.26 bits per heavy atom. The third-order valence-corrected chi connectivity index (χ3v) is 4.87. The summed E-state index contributed by atoms with van der Waals surface area (Å²) in [7, 11) is -2.80. The Morgan fingerprint density at radius 3 is 2.63 bits per heavy atom. The zero-order valence-corrected chi connectivity index (χ0v) is 12.2. The zero-order valence-electron chi connectivity index (χ0n) is 11.4. The summed E-state index contributed by atoms with van der Waals surface area (Å²) in [4.78, 5) is 2.13. The molecule has 1 aliphatic rings. The van der Waals surface area contributed by atoms with E-state index < -0.39 is 9.84 Å². The van der Waals surface area contributed by atoms with Crippen molar-refractivity contribution < 1.29 is 12.8 Å². The highest BCUT2D eigenvalue weighted by Gasteiger charge is 2.22. The fourth-order valence-electron chi connectivity index (χ4n) is 2.12. The van der Waals surface area contributed by atoms with Gasteiger partial charge in [-0.1, -0.05) is 6.92 Å². The van der Waals surface area contributed by atoms with Crippen LogP contribution >= 0.6 is 0 Å². The summed E-state index contributed by atoms with van der Waals surface area (Å²) in [6, 6.07) is 3.96. The van der Waals surface area contributed by atoms with Crippen LogP contribution in [0.1, 0.15) is 24.9 Å². The van der Waals surface area contributed by atoms with Gasteiger partial charge in [0.1, 0.15) is 11.5 Å². The van der Waals surface area contributed by atoms with E-state index in [4.69, 9.17) is 4.42 Å². The van der Waals surface area contributed by atoms with Crippen molar-refractivity contribution in [3.05, 3.63) is 23.7 Å². The molecule has 1 saturated heterocycles. The van der Waals surface area contributed by atoms with Gasteiger partial charge in [0.05, 0.1) is 24.6 Å². The lowest BCUT2D eigenvalue weighted by Gasteiger charge is -2.25. The number of rotatable bonds is 6. The summed E-state index contributed by atoms with van der Waals surface area (Å²) < 4.78 is 28.4. The fraction of sp³-hybridized carbons (Fsp3) is 0.692. The number of furan rings is 1. The highest BCUT2D eigenvalue weighted by Crippen LogP contribution is 2.13. The lowest BCUT2D eigenvalue weighted by molar-refractivity contribution is 0.259. The van der Waals surface area contributed by atoms with E-state index in [2.05, 4.69) is 17.1 Å². The van der Waals surface area contributed by atoms with Gasteiger partial charge >= 0.3 is 0 Å². The van der Waals surface area contributed by atoms with Crippen LogP contribution in [0.2, 0.25) is 0 Å². The number of hydrogen-bond acceptors (Lipinski definition) is 5. The molecule has 1 aliphatic heterocycles. The van der Waals surface area contributed by atoms with Crippen molar-refractivity contribution >= 4 is 9.84 Å². The van der Waals surface area contributed by atoms with Crippen molar-refractivity contribution in [3.8, 4) is 0 Å². The smallest absolute Gasteiger partial charge is 0.152 e. The lowest BCUT2D eigenvalue weighted by atomic mass is 10.3. The van der Waals surface area contributed by atoms with Crippen LogP contribution in [0, 0.1) is 0 Å². The van der Waals surface area contributed by atoms with Crippen LogP contribution < -0.4 is 5.32 Å². The molecule has 1 fully saturated rings. The SMILES string of the molecule is CCCNCc1ccc(CN2CCS(=O)(=O)CC2)o1. The van der Waals surface area contributed by atoms with E-state index in [0.29, 0.717) is 19.6 Å². The molecule has 2 rings (SSSR count). The average molecular weight is 286 g/mol. The van der Waals surface area contributed by atoms with Gasteiger partial charge in [-0.2, -0.15) is 0 Å². The molecule has 5 nitrogen and oxygen atoms in total. The topological polar surface area (TPSA) is 62.6 Å². The molecule has 0 radical (unpaired) electrons. The summed E-state index contributed by atoms with van der Waals surface area (Å²) in [6.45, 7) is 5.77. The Kier molecular flexibility index (Phi) is 5.01. The highest BCUT2D eigenvalue weighted by molar-refractivity contribution is 7.91. The predicted molar refractivity (Wildman–Crippen MR) is 74.6 cm³/mol. The maximum Gasteiger partial charge on any atom is 0.152 e. The molecule has 0 bridgehead atoms. The van der Waals surface area contributed by atoms with E-state index in [0.717, 1.165) is 31.0 Å². The maximum atomic E-state index is 11.3. The number of sulfone groups is 1. The van der Waals surface area contributed by atoms with Gasteiger partial charge in [-0.3, -0.25) is 4.90 Å². The molecule has 19 heavy (non-hydrogen) atoms. The van der Waals surface area contributed by atoms with Crippen molar-refractivity contribution in [1.82, 2.24) is 10.2 Å². The monoisotopic (exact) mass is 286 g/mol. The van der Waals surface area contributed by atoms with Crippen molar-refractivity contribution in [2.24, 2.45) is 0 Å². The van der Waals surface area contributed by atoms with E-state index in [-0.39, 0.29) is 11.5 Å². The van der Waals surface area contributed by atoms with Crippen LogP contribution in [0.25, 0.3) is 0 Å². The fourth-order valence-corrected chi connectivity index (χ4v) is 3.40. The molecule has 0 unspecified atom stereocenters. The molecule has 2 heterocycles. The molecule has 0 atom stereocenters. The van der Waals surface area contributed by atoms with Crippen molar-refractivity contribution in [2.75, 3.05) is 31.1 Å². The highest BCUT2D eigenvalue weighted by atomic mass is 32.2. The zero-order chi connectivity index (χ0) is 13.7. The quantitative estimate of drug-likeness (QED) is 0.791. The number of nitrogens with zero attached hydrogens (tertiary/aromatic N) is 1. The maximum absolute atomic E-state index is 11.3. The average Bonchev–Trinajstić information content (AvgIpc) is 2.80. The van der Waals surface area contributed by atoms with Crippen LogP contribution in [0.3, 0.4) is 0 Å². The summed E-state index contributed by atoms with van der Waals surface area (Å²) in [5.41, 5.74) is 0. The van der Waals surface area contributed by atoms with Crippen LogP contribution in [0.5, 0.6) is 0 Å².